The summed E-state index contributed by atoms with van der Waals surface area (Å²) < 4.78 is 12.3. The first-order chi connectivity index (χ1) is 20.4. The Morgan fingerprint density at radius 1 is 1.00 bits per heavy atom. The third kappa shape index (κ3) is 8.16. The number of aliphatic carboxylic acids is 1. The van der Waals surface area contributed by atoms with E-state index < -0.39 is 48.1 Å². The van der Waals surface area contributed by atoms with Gasteiger partial charge in [0.25, 0.3) is 17.7 Å². The number of rotatable bonds is 12. The van der Waals surface area contributed by atoms with Gasteiger partial charge in [-0.3, -0.25) is 19.1 Å². The van der Waals surface area contributed by atoms with Crippen molar-refractivity contribution in [2.45, 2.75) is 45.4 Å². The van der Waals surface area contributed by atoms with Crippen molar-refractivity contribution in [3.8, 4) is 5.75 Å². The number of carboxylic acid groups (broad SMARTS) is 1. The van der Waals surface area contributed by atoms with Crippen LogP contribution in [0.15, 0.2) is 60.9 Å². The van der Waals surface area contributed by atoms with Crippen LogP contribution in [0.5, 0.6) is 5.75 Å². The second kappa shape index (κ2) is 13.2. The van der Waals surface area contributed by atoms with Crippen LogP contribution >= 0.6 is 0 Å². The van der Waals surface area contributed by atoms with Gasteiger partial charge in [-0.15, -0.1) is 5.06 Å². The second-order valence-corrected chi connectivity index (χ2v) is 10.4. The maximum Gasteiger partial charge on any atom is 0.407 e. The molecule has 226 valence electrons. The van der Waals surface area contributed by atoms with Gasteiger partial charge in [-0.25, -0.2) is 14.4 Å². The van der Waals surface area contributed by atoms with Gasteiger partial charge in [0.15, 0.2) is 0 Å². The quantitative estimate of drug-likeness (QED) is 0.209. The fourth-order valence-corrected chi connectivity index (χ4v) is 3.91. The van der Waals surface area contributed by atoms with Crippen molar-refractivity contribution in [1.29, 1.82) is 0 Å². The van der Waals surface area contributed by atoms with Gasteiger partial charge >= 0.3 is 12.1 Å². The van der Waals surface area contributed by atoms with Gasteiger partial charge in [-0.1, -0.05) is 12.1 Å². The lowest BCUT2D eigenvalue weighted by molar-refractivity contribution is -0.178. The summed E-state index contributed by atoms with van der Waals surface area (Å²) in [5, 5.41) is 19.6. The highest BCUT2D eigenvalue weighted by Gasteiger charge is 2.39. The van der Waals surface area contributed by atoms with Gasteiger partial charge < -0.3 is 25.2 Å². The smallest absolute Gasteiger partial charge is 0.407 e. The van der Waals surface area contributed by atoms with Crippen LogP contribution in [0.4, 0.5) is 10.5 Å². The molecule has 1 aliphatic heterocycles. The fraction of sp³-hybridized carbons (Fsp3) is 0.310. The molecular weight excluding hydrogens is 562 g/mol. The summed E-state index contributed by atoms with van der Waals surface area (Å²) >= 11 is 0. The monoisotopic (exact) mass is 593 g/mol. The lowest BCUT2D eigenvalue weighted by Crippen LogP contribution is -2.41. The molecule has 14 heteroatoms. The number of alkyl carbamates (subject to hydrolysis) is 1. The van der Waals surface area contributed by atoms with Crippen LogP contribution in [0.1, 0.15) is 58.3 Å². The molecule has 4 rings (SSSR count). The largest absolute Gasteiger partial charge is 0.490 e. The van der Waals surface area contributed by atoms with Crippen LogP contribution in [0.25, 0.3) is 0 Å². The maximum absolute atomic E-state index is 12.7. The van der Waals surface area contributed by atoms with E-state index in [1.54, 1.807) is 43.8 Å². The number of nitrogens with one attached hydrogen (secondary N) is 2. The molecular formula is C29H31N5O9. The zero-order valence-corrected chi connectivity index (χ0v) is 23.7. The van der Waals surface area contributed by atoms with Crippen LogP contribution in [0.3, 0.4) is 0 Å². The highest BCUT2D eigenvalue weighted by molar-refractivity contribution is 6.20. The van der Waals surface area contributed by atoms with Gasteiger partial charge in [0.1, 0.15) is 18.0 Å². The first kappa shape index (κ1) is 30.7. The third-order valence-corrected chi connectivity index (χ3v) is 5.91. The number of aryl methyl sites for hydroxylation is 1. The van der Waals surface area contributed by atoms with Crippen molar-refractivity contribution in [2.24, 2.45) is 0 Å². The molecule has 1 atom stereocenters. The third-order valence-electron chi connectivity index (χ3n) is 5.91. The van der Waals surface area contributed by atoms with Crippen LogP contribution in [-0.4, -0.2) is 74.6 Å². The van der Waals surface area contributed by atoms with E-state index in [9.17, 15) is 29.1 Å². The Hall–Kier alpha value is -5.24. The van der Waals surface area contributed by atoms with Crippen molar-refractivity contribution in [3.63, 3.8) is 0 Å². The van der Waals surface area contributed by atoms with Gasteiger partial charge in [-0.05, 0) is 63.6 Å². The summed E-state index contributed by atoms with van der Waals surface area (Å²) in [6.07, 6.45) is 1.60. The molecule has 4 amide bonds. The minimum Gasteiger partial charge on any atom is -0.490 e. The number of ether oxygens (including phenoxy) is 2. The molecule has 2 heterocycles. The van der Waals surface area contributed by atoms with E-state index in [1.165, 1.54) is 42.6 Å². The molecule has 43 heavy (non-hydrogen) atoms. The highest BCUT2D eigenvalue weighted by atomic mass is 16.7. The first-order valence-corrected chi connectivity index (χ1v) is 13.3. The molecule has 0 bridgehead atoms. The summed E-state index contributed by atoms with van der Waals surface area (Å²) in [4.78, 5) is 66.3. The molecule has 3 aromatic rings. The number of hydroxylamine groups is 2. The number of hydrogen-bond donors (Lipinski definition) is 3. The van der Waals surface area contributed by atoms with E-state index in [1.807, 2.05) is 0 Å². The van der Waals surface area contributed by atoms with Gasteiger partial charge in [0, 0.05) is 24.8 Å². The predicted octanol–water partition coefficient (Wildman–Crippen LogP) is 3.11. The standard InChI is InChI=1S/C29H31N5O9/c1-29(2,3)42-28(40)30-13-6-14-33-16-19(15-31-33)32-24(35)18-9-11-20(12-10-18)41-17-23(27(38)39)43-34-25(36)21-7-4-5-8-22(21)26(34)37/h4-5,7-12,15-16,23H,6,13-14,17H2,1-3H3,(H,30,40)(H,32,35)(H,38,39). The van der Waals surface area contributed by atoms with Crippen LogP contribution < -0.4 is 15.4 Å². The Kier molecular flexibility index (Phi) is 9.40. The number of imide groups is 1. The second-order valence-electron chi connectivity index (χ2n) is 10.4. The number of carboxylic acids is 1. The highest BCUT2D eigenvalue weighted by Crippen LogP contribution is 2.24. The normalized spacial score (nSPS) is 13.3. The fourth-order valence-electron chi connectivity index (χ4n) is 3.91. The van der Waals surface area contributed by atoms with Crippen molar-refractivity contribution in [3.05, 3.63) is 77.6 Å². The molecule has 0 spiro atoms. The summed E-state index contributed by atoms with van der Waals surface area (Å²) in [5.41, 5.74) is 0.439. The first-order valence-electron chi connectivity index (χ1n) is 13.3. The number of nitrogens with zero attached hydrogens (tertiary/aromatic N) is 3. The topological polar surface area (TPSA) is 178 Å². The molecule has 0 aliphatic carbocycles. The Morgan fingerprint density at radius 3 is 2.26 bits per heavy atom. The minimum absolute atomic E-state index is 0.117. The summed E-state index contributed by atoms with van der Waals surface area (Å²) in [6, 6.07) is 12.0. The zero-order valence-electron chi connectivity index (χ0n) is 23.7. The Bertz CT molecular complexity index is 1480. The number of hydrogen-bond acceptors (Lipinski definition) is 9. The lowest BCUT2D eigenvalue weighted by atomic mass is 10.1. The van der Waals surface area contributed by atoms with Crippen LogP contribution in [0, 0.1) is 0 Å². The summed E-state index contributed by atoms with van der Waals surface area (Å²) in [6.45, 7) is 5.74. The van der Waals surface area contributed by atoms with E-state index in [0.717, 1.165) is 0 Å². The maximum atomic E-state index is 12.7. The summed E-state index contributed by atoms with van der Waals surface area (Å²) in [5.74, 6) is -3.13. The number of fused-ring (bicyclic) bond motifs is 1. The molecule has 1 unspecified atom stereocenters. The molecule has 2 aromatic carbocycles. The number of carbonyl (C=O) groups is 5. The number of carbonyl (C=O) groups excluding carboxylic acids is 4. The van der Waals surface area contributed by atoms with Crippen molar-refractivity contribution in [2.75, 3.05) is 18.5 Å². The van der Waals surface area contributed by atoms with Gasteiger partial charge in [0.2, 0.25) is 6.10 Å². The molecule has 3 N–H and O–H groups in total. The molecule has 1 aromatic heterocycles. The Morgan fingerprint density at radius 2 is 1.65 bits per heavy atom. The molecule has 0 radical (unpaired) electrons. The molecule has 14 nitrogen and oxygen atoms in total. The predicted molar refractivity (Wildman–Crippen MR) is 150 cm³/mol. The molecule has 0 saturated carbocycles. The van der Waals surface area contributed by atoms with Crippen molar-refractivity contribution >= 4 is 35.5 Å². The van der Waals surface area contributed by atoms with Crippen molar-refractivity contribution < 1.29 is 43.4 Å². The Labute approximate surface area is 246 Å². The van der Waals surface area contributed by atoms with E-state index in [2.05, 4.69) is 15.7 Å². The van der Waals surface area contributed by atoms with Gasteiger partial charge in [0.05, 0.1) is 23.0 Å². The average molecular weight is 594 g/mol. The molecule has 0 saturated heterocycles. The number of anilines is 1. The minimum atomic E-state index is -1.66. The number of benzene rings is 2. The van der Waals surface area contributed by atoms with E-state index in [0.29, 0.717) is 35.8 Å². The molecule has 0 fully saturated rings. The number of amides is 4. The van der Waals surface area contributed by atoms with E-state index >= 15 is 0 Å². The zero-order chi connectivity index (χ0) is 31.1. The van der Waals surface area contributed by atoms with Crippen molar-refractivity contribution in [1.82, 2.24) is 20.2 Å². The van der Waals surface area contributed by atoms with Gasteiger partial charge in [-0.2, -0.15) is 5.10 Å². The summed E-state index contributed by atoms with van der Waals surface area (Å²) in [7, 11) is 0. The van der Waals surface area contributed by atoms with E-state index in [-0.39, 0.29) is 16.9 Å². The SMILES string of the molecule is CC(C)(C)OC(=O)NCCCn1cc(NC(=O)c2ccc(OCC(ON3C(=O)c4ccccc4C3=O)C(=O)O)cc2)cn1. The number of aromatic nitrogens is 2. The Balaban J connectivity index is 1.23. The molecule has 1 aliphatic rings. The van der Waals surface area contributed by atoms with Crippen LogP contribution in [-0.2, 0) is 20.9 Å². The van der Waals surface area contributed by atoms with Crippen LogP contribution in [0.2, 0.25) is 0 Å². The lowest BCUT2D eigenvalue weighted by Gasteiger charge is -2.19. The average Bonchev–Trinajstić information content (AvgIpc) is 3.50. The van der Waals surface area contributed by atoms with E-state index in [4.69, 9.17) is 14.3 Å².